The fourth-order valence-corrected chi connectivity index (χ4v) is 3.90. The second-order valence-corrected chi connectivity index (χ2v) is 8.92. The van der Waals surface area contributed by atoms with Crippen molar-refractivity contribution < 1.29 is 23.1 Å². The zero-order chi connectivity index (χ0) is 21.3. The number of sulfone groups is 1. The highest BCUT2D eigenvalue weighted by molar-refractivity contribution is 7.90. The number of carbonyl (C=O) groups excluding carboxylic acids is 1. The Morgan fingerprint density at radius 1 is 0.800 bits per heavy atom. The zero-order valence-corrected chi connectivity index (χ0v) is 16.9. The molecule has 3 aromatic rings. The Labute approximate surface area is 174 Å². The maximum absolute atomic E-state index is 12.8. The Kier molecular flexibility index (Phi) is 5.01. The van der Waals surface area contributed by atoms with Crippen LogP contribution in [-0.4, -0.2) is 25.7 Å². The number of aromatic hydroxyl groups is 1. The third kappa shape index (κ3) is 3.90. The largest absolute Gasteiger partial charge is 0.508 e. The minimum Gasteiger partial charge on any atom is -0.508 e. The maximum Gasteiger partial charge on any atom is 0.344 e. The van der Waals surface area contributed by atoms with Crippen LogP contribution in [-0.2, 0) is 19.4 Å². The molecule has 0 unspecified atom stereocenters. The number of phenolic OH excluding ortho intramolecular Hbond substituents is 1. The molecule has 0 aliphatic carbocycles. The van der Waals surface area contributed by atoms with Gasteiger partial charge in [0.15, 0.2) is 9.84 Å². The third-order valence-electron chi connectivity index (χ3n) is 4.73. The summed E-state index contributed by atoms with van der Waals surface area (Å²) in [6.45, 7) is 0. The Morgan fingerprint density at radius 3 is 2.00 bits per heavy atom. The third-order valence-corrected chi connectivity index (χ3v) is 5.86. The van der Waals surface area contributed by atoms with Crippen LogP contribution in [0.1, 0.15) is 16.7 Å². The molecule has 30 heavy (non-hydrogen) atoms. The molecule has 0 bridgehead atoms. The van der Waals surface area contributed by atoms with Crippen LogP contribution >= 0.6 is 0 Å². The number of phenols is 1. The number of benzene rings is 3. The standard InChI is InChI=1S/C24H18O5S/c1-30(27,28)20-13-9-18(10-14-20)22-21(15-16-7-11-19(25)12-8-16)29-24(26)23(22)17-5-3-2-4-6-17/h2-15,25H,1H3/b21-15-. The van der Waals surface area contributed by atoms with E-state index in [9.17, 15) is 18.3 Å². The molecule has 0 saturated heterocycles. The predicted molar refractivity (Wildman–Crippen MR) is 115 cm³/mol. The van der Waals surface area contributed by atoms with Gasteiger partial charge in [-0.05, 0) is 47.0 Å². The number of hydrogen-bond donors (Lipinski definition) is 1. The number of rotatable bonds is 4. The molecule has 0 radical (unpaired) electrons. The lowest BCUT2D eigenvalue weighted by Crippen LogP contribution is -1.98. The Morgan fingerprint density at radius 2 is 1.40 bits per heavy atom. The van der Waals surface area contributed by atoms with E-state index in [1.165, 1.54) is 12.1 Å². The molecule has 0 atom stereocenters. The average molecular weight is 418 g/mol. The van der Waals surface area contributed by atoms with Gasteiger partial charge in [-0.3, -0.25) is 0 Å². The Bertz CT molecular complexity index is 1270. The SMILES string of the molecule is CS(=O)(=O)c1ccc(C2=C(c3ccccc3)C(=O)O/C2=C\c2ccc(O)cc2)cc1. The van der Waals surface area contributed by atoms with E-state index < -0.39 is 15.8 Å². The molecule has 1 N–H and O–H groups in total. The number of hydrogen-bond acceptors (Lipinski definition) is 5. The highest BCUT2D eigenvalue weighted by Crippen LogP contribution is 2.40. The van der Waals surface area contributed by atoms with Crippen molar-refractivity contribution in [3.63, 3.8) is 0 Å². The monoisotopic (exact) mass is 418 g/mol. The molecule has 0 saturated carbocycles. The van der Waals surface area contributed by atoms with E-state index in [2.05, 4.69) is 0 Å². The van der Waals surface area contributed by atoms with E-state index in [0.29, 0.717) is 28.0 Å². The van der Waals surface area contributed by atoms with Crippen molar-refractivity contribution in [3.05, 3.63) is 101 Å². The summed E-state index contributed by atoms with van der Waals surface area (Å²) in [5.41, 5.74) is 3.11. The van der Waals surface area contributed by atoms with Gasteiger partial charge in [-0.2, -0.15) is 0 Å². The lowest BCUT2D eigenvalue weighted by atomic mass is 9.94. The van der Waals surface area contributed by atoms with E-state index in [1.807, 2.05) is 30.3 Å². The molecule has 1 aliphatic heterocycles. The number of cyclic esters (lactones) is 1. The van der Waals surface area contributed by atoms with E-state index in [4.69, 9.17) is 4.74 Å². The molecule has 0 spiro atoms. The smallest absolute Gasteiger partial charge is 0.344 e. The quantitative estimate of drug-likeness (QED) is 0.639. The van der Waals surface area contributed by atoms with E-state index in [1.54, 1.807) is 42.5 Å². The van der Waals surface area contributed by atoms with Gasteiger partial charge in [-0.15, -0.1) is 0 Å². The van der Waals surface area contributed by atoms with Gasteiger partial charge in [0.05, 0.1) is 10.5 Å². The van der Waals surface area contributed by atoms with Gasteiger partial charge in [-0.25, -0.2) is 13.2 Å². The second-order valence-electron chi connectivity index (χ2n) is 6.90. The normalized spacial score (nSPS) is 15.5. The topological polar surface area (TPSA) is 80.7 Å². The van der Waals surface area contributed by atoms with Crippen LogP contribution in [0.5, 0.6) is 5.75 Å². The average Bonchev–Trinajstić information content (AvgIpc) is 3.05. The van der Waals surface area contributed by atoms with Crippen molar-refractivity contribution in [3.8, 4) is 5.75 Å². The highest BCUT2D eigenvalue weighted by atomic mass is 32.2. The van der Waals surface area contributed by atoms with Crippen molar-refractivity contribution in [2.75, 3.05) is 6.26 Å². The molecular formula is C24H18O5S. The minimum absolute atomic E-state index is 0.137. The number of allylic oxidation sites excluding steroid dienone is 1. The lowest BCUT2D eigenvalue weighted by molar-refractivity contribution is -0.131. The first-order valence-electron chi connectivity index (χ1n) is 9.16. The zero-order valence-electron chi connectivity index (χ0n) is 16.1. The summed E-state index contributed by atoms with van der Waals surface area (Å²) < 4.78 is 29.2. The molecule has 0 fully saturated rings. The van der Waals surface area contributed by atoms with E-state index in [-0.39, 0.29) is 10.6 Å². The van der Waals surface area contributed by atoms with Crippen molar-refractivity contribution in [2.45, 2.75) is 4.90 Å². The summed E-state index contributed by atoms with van der Waals surface area (Å²) >= 11 is 0. The molecule has 4 rings (SSSR count). The number of esters is 1. The van der Waals surface area contributed by atoms with Crippen molar-refractivity contribution >= 4 is 33.0 Å². The van der Waals surface area contributed by atoms with Gasteiger partial charge in [0.2, 0.25) is 0 Å². The first-order valence-corrected chi connectivity index (χ1v) is 11.1. The summed E-state index contributed by atoms with van der Waals surface area (Å²) in [5.74, 6) is 0.0164. The summed E-state index contributed by atoms with van der Waals surface area (Å²) in [5, 5.41) is 9.51. The molecule has 3 aromatic carbocycles. The Hall–Kier alpha value is -3.64. The van der Waals surface area contributed by atoms with Gasteiger partial charge in [0, 0.05) is 11.8 Å². The van der Waals surface area contributed by atoms with E-state index >= 15 is 0 Å². The summed E-state index contributed by atoms with van der Waals surface area (Å²) in [4.78, 5) is 13.0. The predicted octanol–water partition coefficient (Wildman–Crippen LogP) is 4.30. The van der Waals surface area contributed by atoms with Crippen LogP contribution in [0.4, 0.5) is 0 Å². The molecule has 150 valence electrons. The molecule has 1 aliphatic rings. The minimum atomic E-state index is -3.34. The van der Waals surface area contributed by atoms with Crippen LogP contribution in [0.15, 0.2) is 89.5 Å². The van der Waals surface area contributed by atoms with Gasteiger partial charge in [-0.1, -0.05) is 54.6 Å². The maximum atomic E-state index is 12.8. The molecule has 0 amide bonds. The van der Waals surface area contributed by atoms with E-state index in [0.717, 1.165) is 11.8 Å². The lowest BCUT2D eigenvalue weighted by Gasteiger charge is -2.08. The molecule has 6 heteroatoms. The van der Waals surface area contributed by atoms with Gasteiger partial charge in [0.1, 0.15) is 11.5 Å². The van der Waals surface area contributed by atoms with Gasteiger partial charge < -0.3 is 9.84 Å². The fourth-order valence-electron chi connectivity index (χ4n) is 3.27. The molecular weight excluding hydrogens is 400 g/mol. The first-order chi connectivity index (χ1) is 14.3. The van der Waals surface area contributed by atoms with Crippen molar-refractivity contribution in [1.82, 2.24) is 0 Å². The highest BCUT2D eigenvalue weighted by Gasteiger charge is 2.32. The van der Waals surface area contributed by atoms with Crippen LogP contribution in [0.2, 0.25) is 0 Å². The van der Waals surface area contributed by atoms with Crippen LogP contribution < -0.4 is 0 Å². The molecule has 5 nitrogen and oxygen atoms in total. The number of carbonyl (C=O) groups is 1. The summed E-state index contributed by atoms with van der Waals surface area (Å²) in [7, 11) is -3.34. The van der Waals surface area contributed by atoms with Crippen LogP contribution in [0, 0.1) is 0 Å². The van der Waals surface area contributed by atoms with Gasteiger partial charge in [0.25, 0.3) is 0 Å². The van der Waals surface area contributed by atoms with Crippen molar-refractivity contribution in [1.29, 1.82) is 0 Å². The van der Waals surface area contributed by atoms with Crippen molar-refractivity contribution in [2.24, 2.45) is 0 Å². The summed E-state index contributed by atoms with van der Waals surface area (Å²) in [6, 6.07) is 22.1. The van der Waals surface area contributed by atoms with Gasteiger partial charge >= 0.3 is 5.97 Å². The Balaban J connectivity index is 1.91. The number of ether oxygens (including phenoxy) is 1. The fraction of sp³-hybridized carbons (Fsp3) is 0.0417. The van der Waals surface area contributed by atoms with Crippen LogP contribution in [0.25, 0.3) is 17.2 Å². The molecule has 0 aromatic heterocycles. The van der Waals surface area contributed by atoms with Crippen LogP contribution in [0.3, 0.4) is 0 Å². The first kappa shape index (κ1) is 19.7. The summed E-state index contributed by atoms with van der Waals surface area (Å²) in [6.07, 6.45) is 2.86. The molecule has 1 heterocycles. The second kappa shape index (κ2) is 7.65.